The van der Waals surface area contributed by atoms with E-state index in [1.54, 1.807) is 41.2 Å². The summed E-state index contributed by atoms with van der Waals surface area (Å²) >= 11 is 0. The van der Waals surface area contributed by atoms with Gasteiger partial charge in [-0.05, 0) is 30.7 Å². The van der Waals surface area contributed by atoms with Gasteiger partial charge in [0.1, 0.15) is 11.6 Å². The number of hydrogen-bond acceptors (Lipinski definition) is 7. The van der Waals surface area contributed by atoms with Crippen molar-refractivity contribution < 1.29 is 9.13 Å². The molecular weight excluding hydrogens is 409 g/mol. The molecule has 0 aliphatic rings. The highest BCUT2D eigenvalue weighted by Crippen LogP contribution is 2.31. The van der Waals surface area contributed by atoms with Crippen molar-refractivity contribution in [2.75, 3.05) is 17.7 Å². The third-order valence-electron chi connectivity index (χ3n) is 4.69. The van der Waals surface area contributed by atoms with Crippen molar-refractivity contribution in [1.82, 2.24) is 24.6 Å². The van der Waals surface area contributed by atoms with Crippen LogP contribution in [0.1, 0.15) is 31.9 Å². The van der Waals surface area contributed by atoms with Crippen molar-refractivity contribution in [2.45, 2.75) is 26.3 Å². The van der Waals surface area contributed by atoms with E-state index in [1.807, 2.05) is 13.8 Å². The second-order valence-electron chi connectivity index (χ2n) is 6.98. The maximum absolute atomic E-state index is 13.3. The highest BCUT2D eigenvalue weighted by atomic mass is 19.1. The first-order chi connectivity index (χ1) is 15.5. The molecule has 1 atom stereocenters. The molecule has 3 N–H and O–H groups in total. The van der Waals surface area contributed by atoms with Crippen molar-refractivity contribution in [1.29, 1.82) is 0 Å². The van der Waals surface area contributed by atoms with E-state index in [9.17, 15) is 4.39 Å². The van der Waals surface area contributed by atoms with E-state index in [4.69, 9.17) is 10.5 Å². The van der Waals surface area contributed by atoms with Crippen LogP contribution >= 0.6 is 0 Å². The molecule has 0 saturated carbocycles. The number of fused-ring (bicyclic) bond motifs is 1. The van der Waals surface area contributed by atoms with E-state index >= 15 is 0 Å². The Morgan fingerprint density at radius 2 is 2.03 bits per heavy atom. The number of nitrogen functional groups attached to an aromatic ring is 1. The van der Waals surface area contributed by atoms with E-state index in [0.29, 0.717) is 22.7 Å². The molecule has 3 heterocycles. The second kappa shape index (κ2) is 9.31. The Morgan fingerprint density at radius 1 is 1.22 bits per heavy atom. The number of rotatable bonds is 6. The summed E-state index contributed by atoms with van der Waals surface area (Å²) in [5.41, 5.74) is 8.74. The summed E-state index contributed by atoms with van der Waals surface area (Å²) in [7, 11) is 0. The lowest BCUT2D eigenvalue weighted by Crippen LogP contribution is -2.10. The molecule has 4 aromatic rings. The monoisotopic (exact) mass is 431 g/mol. The summed E-state index contributed by atoms with van der Waals surface area (Å²) < 4.78 is 20.5. The van der Waals surface area contributed by atoms with Crippen LogP contribution in [0, 0.1) is 17.7 Å². The fourth-order valence-corrected chi connectivity index (χ4v) is 3.17. The molecule has 162 valence electrons. The quantitative estimate of drug-likeness (QED) is 0.447. The number of aromatic nitrogens is 5. The summed E-state index contributed by atoms with van der Waals surface area (Å²) in [5, 5.41) is 7.62. The molecule has 0 saturated heterocycles. The second-order valence-corrected chi connectivity index (χ2v) is 6.98. The van der Waals surface area contributed by atoms with Gasteiger partial charge in [0.25, 0.3) is 0 Å². The largest absolute Gasteiger partial charge is 0.450 e. The fourth-order valence-electron chi connectivity index (χ4n) is 3.17. The Morgan fingerprint density at radius 3 is 2.81 bits per heavy atom. The molecule has 0 unspecified atom stereocenters. The Kier molecular flexibility index (Phi) is 6.12. The van der Waals surface area contributed by atoms with Gasteiger partial charge in [-0.2, -0.15) is 9.97 Å². The smallest absolute Gasteiger partial charge is 0.319 e. The number of nitrogens with one attached hydrogen (secondary N) is 1. The number of hydrogen-bond donors (Lipinski definition) is 2. The molecule has 0 aliphatic carbocycles. The molecule has 0 amide bonds. The summed E-state index contributed by atoms with van der Waals surface area (Å²) in [5.74, 6) is 6.37. The maximum atomic E-state index is 13.3. The maximum Gasteiger partial charge on any atom is 0.319 e. The van der Waals surface area contributed by atoms with Crippen LogP contribution in [-0.4, -0.2) is 31.2 Å². The Labute approximate surface area is 184 Å². The molecule has 8 nitrogen and oxygen atoms in total. The van der Waals surface area contributed by atoms with E-state index in [1.165, 1.54) is 12.1 Å². The summed E-state index contributed by atoms with van der Waals surface area (Å²) in [6.07, 6.45) is 4.16. The molecular formula is C23H22FN7O. The van der Waals surface area contributed by atoms with E-state index in [0.717, 1.165) is 12.0 Å². The Hall–Kier alpha value is -4.19. The normalized spacial score (nSPS) is 11.6. The average molecular weight is 431 g/mol. The lowest BCUT2D eigenvalue weighted by atomic mass is 10.1. The zero-order valence-corrected chi connectivity index (χ0v) is 17.7. The zero-order valence-electron chi connectivity index (χ0n) is 17.7. The molecule has 9 heteroatoms. The van der Waals surface area contributed by atoms with Crippen molar-refractivity contribution in [3.05, 3.63) is 60.2 Å². The average Bonchev–Trinajstić information content (AvgIpc) is 3.12. The highest BCUT2D eigenvalue weighted by Gasteiger charge is 2.18. The topological polar surface area (TPSA) is 103 Å². The van der Waals surface area contributed by atoms with Gasteiger partial charge in [0, 0.05) is 30.9 Å². The van der Waals surface area contributed by atoms with E-state index in [-0.39, 0.29) is 30.3 Å². The van der Waals surface area contributed by atoms with Gasteiger partial charge in [0.15, 0.2) is 18.1 Å². The van der Waals surface area contributed by atoms with Crippen LogP contribution in [-0.2, 0) is 0 Å². The predicted octanol–water partition coefficient (Wildman–Crippen LogP) is 3.87. The Balaban J connectivity index is 1.72. The molecule has 0 bridgehead atoms. The van der Waals surface area contributed by atoms with Crippen molar-refractivity contribution in [3.8, 4) is 29.1 Å². The molecule has 32 heavy (non-hydrogen) atoms. The predicted molar refractivity (Wildman–Crippen MR) is 120 cm³/mol. The number of nitrogens with zero attached hydrogens (tertiary/aromatic N) is 5. The minimum Gasteiger partial charge on any atom is -0.450 e. The molecule has 0 spiro atoms. The highest BCUT2D eigenvalue weighted by molar-refractivity contribution is 5.85. The van der Waals surface area contributed by atoms with Crippen molar-refractivity contribution in [3.63, 3.8) is 0 Å². The zero-order chi connectivity index (χ0) is 22.5. The van der Waals surface area contributed by atoms with Crippen LogP contribution in [0.15, 0.2) is 48.8 Å². The van der Waals surface area contributed by atoms with Crippen molar-refractivity contribution >= 4 is 17.3 Å². The minimum absolute atomic E-state index is 0.148. The van der Waals surface area contributed by atoms with E-state index in [2.05, 4.69) is 37.2 Å². The van der Waals surface area contributed by atoms with Gasteiger partial charge in [0.05, 0.1) is 11.3 Å². The third-order valence-corrected chi connectivity index (χ3v) is 4.69. The van der Waals surface area contributed by atoms with Crippen molar-refractivity contribution in [2.24, 2.45) is 0 Å². The van der Waals surface area contributed by atoms with Gasteiger partial charge in [-0.3, -0.25) is 0 Å². The van der Waals surface area contributed by atoms with Gasteiger partial charge < -0.3 is 15.8 Å². The standard InChI is InChI=1S/C23H22FN7O/c1-3-4-5-13-32-23-28-18(20-21(25)30-31-12-6-11-26-22(20)31)14-19(29-23)27-15(2)16-7-9-17(24)10-8-16/h6-12,14-15H,3,13H2,1-2H3,(H2,25,30)(H,27,28,29)/t15-/m0/s1. The van der Waals surface area contributed by atoms with Gasteiger partial charge in [-0.25, -0.2) is 13.9 Å². The lowest BCUT2D eigenvalue weighted by Gasteiger charge is -2.16. The number of nitrogens with two attached hydrogens (primary N) is 1. The SMILES string of the molecule is CCC#CCOc1nc(N[C@@H](C)c2ccc(F)cc2)cc(-c2c(N)nn3cccnc23)n1. The van der Waals surface area contributed by atoms with Gasteiger partial charge in [-0.1, -0.05) is 25.0 Å². The lowest BCUT2D eigenvalue weighted by molar-refractivity contribution is 0.340. The Bertz CT molecular complexity index is 1290. The molecule has 1 aromatic carbocycles. The van der Waals surface area contributed by atoms with Crippen LogP contribution < -0.4 is 15.8 Å². The molecule has 0 radical (unpaired) electrons. The van der Waals surface area contributed by atoms with Gasteiger partial charge >= 0.3 is 6.01 Å². The number of ether oxygens (including phenoxy) is 1. The van der Waals surface area contributed by atoms with Crippen LogP contribution in [0.2, 0.25) is 0 Å². The fraction of sp³-hybridized carbons (Fsp3) is 0.217. The molecule has 0 aliphatic heterocycles. The van der Waals surface area contributed by atoms with Gasteiger partial charge in [0.2, 0.25) is 0 Å². The first kappa shape index (κ1) is 21.1. The molecule has 0 fully saturated rings. The van der Waals surface area contributed by atoms with Crippen LogP contribution in [0.3, 0.4) is 0 Å². The van der Waals surface area contributed by atoms with Gasteiger partial charge in [-0.15, -0.1) is 11.0 Å². The first-order valence-electron chi connectivity index (χ1n) is 10.1. The number of benzene rings is 1. The third kappa shape index (κ3) is 4.59. The first-order valence-corrected chi connectivity index (χ1v) is 10.1. The van der Waals surface area contributed by atoms with Crippen LogP contribution in [0.5, 0.6) is 6.01 Å². The summed E-state index contributed by atoms with van der Waals surface area (Å²) in [6.45, 7) is 4.07. The minimum atomic E-state index is -0.287. The summed E-state index contributed by atoms with van der Waals surface area (Å²) in [4.78, 5) is 13.4. The summed E-state index contributed by atoms with van der Waals surface area (Å²) in [6, 6.07) is 9.81. The van der Waals surface area contributed by atoms with Crippen LogP contribution in [0.4, 0.5) is 16.0 Å². The van der Waals surface area contributed by atoms with Crippen LogP contribution in [0.25, 0.3) is 16.9 Å². The van der Waals surface area contributed by atoms with E-state index < -0.39 is 0 Å². The number of halogens is 1. The number of anilines is 2. The molecule has 4 rings (SSSR count). The molecule has 3 aromatic heterocycles.